The normalized spacial score (nSPS) is 18.9. The first-order valence-electron chi connectivity index (χ1n) is 7.43. The number of allylic oxidation sites excluding steroid dienone is 3. The predicted molar refractivity (Wildman–Crippen MR) is 84.8 cm³/mol. The van der Waals surface area contributed by atoms with E-state index in [0.717, 1.165) is 12.8 Å². The monoisotopic (exact) mass is 255 g/mol. The van der Waals surface area contributed by atoms with Gasteiger partial charge in [0, 0.05) is 18.8 Å². The van der Waals surface area contributed by atoms with Gasteiger partial charge in [0.05, 0.1) is 0 Å². The number of likely N-dealkylation sites (N-methyl/N-ethyl adjacent to an activating group) is 1. The van der Waals surface area contributed by atoms with Gasteiger partial charge in [0.1, 0.15) is 0 Å². The molecule has 102 valence electrons. The molecule has 19 heavy (non-hydrogen) atoms. The minimum Gasteiger partial charge on any atom is -0.368 e. The first-order chi connectivity index (χ1) is 9.24. The van der Waals surface area contributed by atoms with Gasteiger partial charge in [0.15, 0.2) is 0 Å². The minimum atomic E-state index is 0.507. The van der Waals surface area contributed by atoms with Gasteiger partial charge in [-0.05, 0) is 43.4 Å². The number of rotatable bonds is 4. The minimum absolute atomic E-state index is 0.507. The van der Waals surface area contributed by atoms with Crippen molar-refractivity contribution < 1.29 is 0 Å². The highest BCUT2D eigenvalue weighted by Crippen LogP contribution is 2.22. The van der Waals surface area contributed by atoms with E-state index in [1.54, 1.807) is 0 Å². The quantitative estimate of drug-likeness (QED) is 0.751. The van der Waals surface area contributed by atoms with E-state index >= 15 is 0 Å². The van der Waals surface area contributed by atoms with E-state index in [0.29, 0.717) is 6.04 Å². The Labute approximate surface area is 117 Å². The van der Waals surface area contributed by atoms with Crippen molar-refractivity contribution >= 4 is 5.69 Å². The molecule has 0 bridgehead atoms. The van der Waals surface area contributed by atoms with Crippen molar-refractivity contribution in [3.63, 3.8) is 0 Å². The van der Waals surface area contributed by atoms with Gasteiger partial charge < -0.3 is 4.90 Å². The molecule has 0 saturated carbocycles. The van der Waals surface area contributed by atoms with Crippen LogP contribution in [0.25, 0.3) is 0 Å². The molecule has 1 aliphatic rings. The van der Waals surface area contributed by atoms with Crippen LogP contribution >= 0.6 is 0 Å². The first kappa shape index (κ1) is 13.9. The summed E-state index contributed by atoms with van der Waals surface area (Å²) in [5, 5.41) is 0. The predicted octanol–water partition coefficient (Wildman–Crippen LogP) is 4.74. The molecular weight excluding hydrogens is 230 g/mol. The number of nitrogens with zero attached hydrogens (tertiary/aromatic N) is 1. The fourth-order valence-corrected chi connectivity index (χ4v) is 2.58. The zero-order valence-electron chi connectivity index (χ0n) is 12.4. The van der Waals surface area contributed by atoms with Crippen molar-refractivity contribution in [3.05, 3.63) is 53.6 Å². The molecule has 0 aromatic heterocycles. The van der Waals surface area contributed by atoms with Gasteiger partial charge in [0.2, 0.25) is 0 Å². The number of benzene rings is 1. The molecule has 0 heterocycles. The Morgan fingerprint density at radius 2 is 1.84 bits per heavy atom. The third kappa shape index (κ3) is 3.50. The van der Waals surface area contributed by atoms with Crippen LogP contribution in [0.5, 0.6) is 0 Å². The molecular formula is C18H25N. The molecule has 0 aliphatic heterocycles. The summed E-state index contributed by atoms with van der Waals surface area (Å²) in [6.45, 7) is 4.42. The van der Waals surface area contributed by atoms with Crippen LogP contribution in [-0.2, 0) is 6.42 Å². The third-order valence-electron chi connectivity index (χ3n) is 4.06. The number of aryl methyl sites for hydroxylation is 1. The summed E-state index contributed by atoms with van der Waals surface area (Å²) in [5.41, 5.74) is 4.19. The maximum Gasteiger partial charge on any atom is 0.0475 e. The third-order valence-corrected chi connectivity index (χ3v) is 4.06. The van der Waals surface area contributed by atoms with E-state index in [4.69, 9.17) is 0 Å². The molecule has 2 rings (SSSR count). The van der Waals surface area contributed by atoms with Crippen LogP contribution in [-0.4, -0.2) is 13.1 Å². The van der Waals surface area contributed by atoms with Crippen molar-refractivity contribution in [3.8, 4) is 0 Å². The van der Waals surface area contributed by atoms with E-state index in [1.165, 1.54) is 29.7 Å². The zero-order chi connectivity index (χ0) is 13.7. The van der Waals surface area contributed by atoms with Crippen molar-refractivity contribution in [1.82, 2.24) is 0 Å². The highest BCUT2D eigenvalue weighted by molar-refractivity contribution is 5.49. The van der Waals surface area contributed by atoms with E-state index < -0.39 is 0 Å². The summed E-state index contributed by atoms with van der Waals surface area (Å²) in [6, 6.07) is 9.47. The van der Waals surface area contributed by atoms with Gasteiger partial charge in [-0.2, -0.15) is 0 Å². The van der Waals surface area contributed by atoms with E-state index in [-0.39, 0.29) is 0 Å². The molecule has 0 amide bonds. The largest absolute Gasteiger partial charge is 0.368 e. The lowest BCUT2D eigenvalue weighted by molar-refractivity contribution is 0.690. The Kier molecular flexibility index (Phi) is 4.84. The van der Waals surface area contributed by atoms with Crippen LogP contribution in [0.1, 0.15) is 38.7 Å². The molecule has 1 aliphatic carbocycles. The highest BCUT2D eigenvalue weighted by atomic mass is 15.1. The van der Waals surface area contributed by atoms with Gasteiger partial charge >= 0.3 is 0 Å². The molecule has 0 spiro atoms. The summed E-state index contributed by atoms with van der Waals surface area (Å²) >= 11 is 0. The summed E-state index contributed by atoms with van der Waals surface area (Å²) in [7, 11) is 2.20. The van der Waals surface area contributed by atoms with Gasteiger partial charge in [-0.25, -0.2) is 0 Å². The summed E-state index contributed by atoms with van der Waals surface area (Å²) < 4.78 is 0. The van der Waals surface area contributed by atoms with Crippen LogP contribution in [0, 0.1) is 0 Å². The van der Waals surface area contributed by atoms with Crippen LogP contribution in [0.4, 0.5) is 5.69 Å². The maximum absolute atomic E-state index is 2.39. The molecule has 1 aromatic rings. The Morgan fingerprint density at radius 3 is 2.47 bits per heavy atom. The van der Waals surface area contributed by atoms with E-state index in [9.17, 15) is 0 Å². The molecule has 1 nitrogen and oxygen atoms in total. The molecule has 1 unspecified atom stereocenters. The lowest BCUT2D eigenvalue weighted by Crippen LogP contribution is -2.29. The van der Waals surface area contributed by atoms with Gasteiger partial charge in [-0.15, -0.1) is 0 Å². The van der Waals surface area contributed by atoms with Crippen LogP contribution in [0.3, 0.4) is 0 Å². The standard InChI is InChI=1S/C18H25N/c1-4-15-7-6-8-17(12-9-15)19(3)18-13-10-16(5-2)11-14-18/h7,9-14,17H,4-6,8H2,1-3H3. The second-order valence-electron chi connectivity index (χ2n) is 5.27. The molecule has 1 atom stereocenters. The summed E-state index contributed by atoms with van der Waals surface area (Å²) in [4.78, 5) is 2.39. The molecule has 1 aromatic carbocycles. The average Bonchev–Trinajstić information content (AvgIpc) is 2.72. The van der Waals surface area contributed by atoms with Crippen molar-refractivity contribution in [2.45, 2.75) is 45.6 Å². The smallest absolute Gasteiger partial charge is 0.0475 e. The maximum atomic E-state index is 2.39. The Hall–Kier alpha value is -1.50. The van der Waals surface area contributed by atoms with Gasteiger partial charge in [-0.3, -0.25) is 0 Å². The number of hydrogen-bond donors (Lipinski definition) is 0. The van der Waals surface area contributed by atoms with E-state index in [1.807, 2.05) is 0 Å². The Morgan fingerprint density at radius 1 is 1.11 bits per heavy atom. The zero-order valence-corrected chi connectivity index (χ0v) is 12.4. The SMILES string of the molecule is CCC1=CCCC(N(C)c2ccc(CC)cc2)C=C1. The second kappa shape index (κ2) is 6.60. The Bertz CT molecular complexity index is 453. The highest BCUT2D eigenvalue weighted by Gasteiger charge is 2.13. The van der Waals surface area contributed by atoms with E-state index in [2.05, 4.69) is 68.3 Å². The summed E-state index contributed by atoms with van der Waals surface area (Å²) in [5.74, 6) is 0. The molecule has 0 N–H and O–H groups in total. The average molecular weight is 255 g/mol. The fourth-order valence-electron chi connectivity index (χ4n) is 2.58. The van der Waals surface area contributed by atoms with Crippen LogP contribution < -0.4 is 4.90 Å². The van der Waals surface area contributed by atoms with Crippen molar-refractivity contribution in [1.29, 1.82) is 0 Å². The number of hydrogen-bond acceptors (Lipinski definition) is 1. The van der Waals surface area contributed by atoms with Crippen molar-refractivity contribution in [2.24, 2.45) is 0 Å². The first-order valence-corrected chi connectivity index (χ1v) is 7.43. The summed E-state index contributed by atoms with van der Waals surface area (Å²) in [6.07, 6.45) is 11.7. The topological polar surface area (TPSA) is 3.24 Å². The van der Waals surface area contributed by atoms with Crippen LogP contribution in [0.2, 0.25) is 0 Å². The fraction of sp³-hybridized carbons (Fsp3) is 0.444. The van der Waals surface area contributed by atoms with Crippen molar-refractivity contribution in [2.75, 3.05) is 11.9 Å². The lowest BCUT2D eigenvalue weighted by atomic mass is 10.1. The molecule has 0 saturated heterocycles. The number of anilines is 1. The molecule has 1 heteroatoms. The Balaban J connectivity index is 2.08. The lowest BCUT2D eigenvalue weighted by Gasteiger charge is -2.27. The van der Waals surface area contributed by atoms with Gasteiger partial charge in [0.25, 0.3) is 0 Å². The molecule has 0 radical (unpaired) electrons. The second-order valence-corrected chi connectivity index (χ2v) is 5.27. The van der Waals surface area contributed by atoms with Crippen LogP contribution in [0.15, 0.2) is 48.1 Å². The molecule has 0 fully saturated rings. The van der Waals surface area contributed by atoms with Gasteiger partial charge in [-0.1, -0.05) is 49.8 Å².